The van der Waals surface area contributed by atoms with Crippen molar-refractivity contribution in [2.24, 2.45) is 0 Å². The Labute approximate surface area is 321 Å². The fourth-order valence-electron chi connectivity index (χ4n) is 6.38. The Morgan fingerprint density at radius 3 is 2.36 bits per heavy atom. The monoisotopic (exact) mass is 795 g/mol. The second-order valence-corrected chi connectivity index (χ2v) is 15.7. The molecular weight excluding hydrogens is 759 g/mol. The van der Waals surface area contributed by atoms with E-state index in [1.54, 1.807) is 36.1 Å². The molecule has 53 heavy (non-hydrogen) atoms. The van der Waals surface area contributed by atoms with Gasteiger partial charge in [-0.15, -0.1) is 0 Å². The minimum atomic E-state index is -4.44. The fourth-order valence-corrected chi connectivity index (χ4v) is 8.39. The van der Waals surface area contributed by atoms with Crippen molar-refractivity contribution in [1.82, 2.24) is 0 Å². The van der Waals surface area contributed by atoms with Gasteiger partial charge >= 0.3 is 11.9 Å². The summed E-state index contributed by atoms with van der Waals surface area (Å²) in [4.78, 5) is 30.4. The van der Waals surface area contributed by atoms with Crippen molar-refractivity contribution in [3.8, 4) is 0 Å². The first-order valence-electron chi connectivity index (χ1n) is 16.7. The van der Waals surface area contributed by atoms with Gasteiger partial charge in [-0.2, -0.15) is 13.0 Å². The van der Waals surface area contributed by atoms with Crippen molar-refractivity contribution < 1.29 is 37.0 Å². The zero-order valence-electron chi connectivity index (χ0n) is 29.1. The molecule has 0 spiro atoms. The number of anilines is 3. The quantitative estimate of drug-likeness (QED) is 0.0701. The molecule has 0 radical (unpaired) electrons. The molecule has 6 rings (SSSR count). The number of aryl methyl sites for hydroxylation is 1. The van der Waals surface area contributed by atoms with Gasteiger partial charge in [-0.05, 0) is 68.6 Å². The lowest BCUT2D eigenvalue weighted by Gasteiger charge is -2.28. The fraction of sp³-hybridized carbons (Fsp3) is 0.237. The minimum Gasteiger partial charge on any atom is -0.480 e. The van der Waals surface area contributed by atoms with Crippen LogP contribution in [0, 0.1) is 6.92 Å². The van der Waals surface area contributed by atoms with Gasteiger partial charge < -0.3 is 24.5 Å². The topological polar surface area (TPSA) is 132 Å². The molecule has 1 unspecified atom stereocenters. The van der Waals surface area contributed by atoms with Gasteiger partial charge in [-0.3, -0.25) is 4.55 Å². The SMILES string of the molecule is CCN1C(=CC=Cc2sc3ccc4ccccc4c3[n+]2CC(=O)OCCN(c2ccc(C)cc2)C(C)C(=O)O)N(CS(=O)(=O)O)c2cc(Cl)c(Cl)cc21. The molecule has 2 N–H and O–H groups in total. The summed E-state index contributed by atoms with van der Waals surface area (Å²) < 4.78 is 42.6. The molecule has 1 aliphatic heterocycles. The number of nitrogens with zero attached hydrogens (tertiary/aromatic N) is 4. The van der Waals surface area contributed by atoms with E-state index in [-0.39, 0.29) is 24.7 Å². The zero-order valence-corrected chi connectivity index (χ0v) is 32.2. The number of aromatic nitrogens is 1. The number of allylic oxidation sites excluding steroid dienone is 2. The number of aliphatic carboxylic acids is 1. The molecule has 0 bridgehead atoms. The van der Waals surface area contributed by atoms with Crippen LogP contribution in [0.15, 0.2) is 90.8 Å². The lowest BCUT2D eigenvalue weighted by atomic mass is 10.1. The molecule has 5 aromatic rings. The number of rotatable bonds is 13. The van der Waals surface area contributed by atoms with E-state index in [2.05, 4.69) is 0 Å². The molecule has 0 saturated heterocycles. The van der Waals surface area contributed by atoms with E-state index in [0.29, 0.717) is 34.5 Å². The highest BCUT2D eigenvalue weighted by atomic mass is 35.5. The van der Waals surface area contributed by atoms with Crippen LogP contribution in [0.4, 0.5) is 17.1 Å². The molecule has 0 amide bonds. The van der Waals surface area contributed by atoms with E-state index in [1.807, 2.05) is 90.1 Å². The molecule has 11 nitrogen and oxygen atoms in total. The van der Waals surface area contributed by atoms with Crippen molar-refractivity contribution in [3.63, 3.8) is 0 Å². The second kappa shape index (κ2) is 15.7. The second-order valence-electron chi connectivity index (χ2n) is 12.4. The normalized spacial score (nSPS) is 14.4. The predicted octanol–water partition coefficient (Wildman–Crippen LogP) is 7.53. The van der Waals surface area contributed by atoms with Crippen molar-refractivity contribution in [2.75, 3.05) is 40.3 Å². The molecule has 15 heteroatoms. The number of carbonyl (C=O) groups excluding carboxylic acids is 1. The van der Waals surface area contributed by atoms with E-state index in [4.69, 9.17) is 27.9 Å². The Morgan fingerprint density at radius 2 is 1.70 bits per heavy atom. The molecule has 1 aromatic heterocycles. The lowest BCUT2D eigenvalue weighted by molar-refractivity contribution is -0.656. The van der Waals surface area contributed by atoms with Gasteiger partial charge in [-0.1, -0.05) is 82.6 Å². The summed E-state index contributed by atoms with van der Waals surface area (Å²) in [5.74, 6) is -1.73. The first-order chi connectivity index (χ1) is 25.3. The summed E-state index contributed by atoms with van der Waals surface area (Å²) in [6.07, 6.45) is 5.31. The van der Waals surface area contributed by atoms with Gasteiger partial charge in [0.05, 0.1) is 33.4 Å². The van der Waals surface area contributed by atoms with E-state index in [1.165, 1.54) is 16.2 Å². The molecule has 276 valence electrons. The maximum Gasteiger partial charge on any atom is 0.372 e. The van der Waals surface area contributed by atoms with Crippen LogP contribution in [0.25, 0.3) is 27.1 Å². The number of esters is 1. The number of thiazole rings is 1. The minimum absolute atomic E-state index is 0.0317. The maximum atomic E-state index is 13.5. The van der Waals surface area contributed by atoms with E-state index < -0.39 is 34.0 Å². The highest BCUT2D eigenvalue weighted by molar-refractivity contribution is 7.85. The maximum absolute atomic E-state index is 13.5. The largest absolute Gasteiger partial charge is 0.480 e. The third-order valence-electron chi connectivity index (χ3n) is 8.93. The van der Waals surface area contributed by atoms with Crippen LogP contribution >= 0.6 is 34.5 Å². The Morgan fingerprint density at radius 1 is 1.02 bits per heavy atom. The summed E-state index contributed by atoms with van der Waals surface area (Å²) >= 11 is 14.1. The highest BCUT2D eigenvalue weighted by Crippen LogP contribution is 2.45. The summed E-state index contributed by atoms with van der Waals surface area (Å²) in [6, 6.07) is 21.8. The van der Waals surface area contributed by atoms with Gasteiger partial charge in [-0.25, -0.2) is 9.59 Å². The molecule has 4 aromatic carbocycles. The van der Waals surface area contributed by atoms with Crippen LogP contribution in [0.3, 0.4) is 0 Å². The Kier molecular flexibility index (Phi) is 11.3. The van der Waals surface area contributed by atoms with Crippen LogP contribution in [0.5, 0.6) is 0 Å². The Hall–Kier alpha value is -4.66. The molecular formula is C38H37Cl2N4O7S2+. The van der Waals surface area contributed by atoms with Crippen molar-refractivity contribution in [3.05, 3.63) is 111 Å². The number of ether oxygens (including phenoxy) is 1. The van der Waals surface area contributed by atoms with E-state index >= 15 is 0 Å². The zero-order chi connectivity index (χ0) is 38.0. The van der Waals surface area contributed by atoms with Crippen LogP contribution in [0.1, 0.15) is 24.4 Å². The van der Waals surface area contributed by atoms with Crippen LogP contribution in [0.2, 0.25) is 10.0 Å². The number of hydrogen-bond donors (Lipinski definition) is 2. The van der Waals surface area contributed by atoms with Crippen LogP contribution in [-0.2, 0) is 31.0 Å². The number of halogens is 2. The molecule has 0 aliphatic carbocycles. The summed E-state index contributed by atoms with van der Waals surface area (Å²) in [6.45, 7) is 5.92. The van der Waals surface area contributed by atoms with Gasteiger partial charge in [0.25, 0.3) is 15.1 Å². The van der Waals surface area contributed by atoms with Crippen LogP contribution in [-0.4, -0.2) is 61.6 Å². The number of hydrogen-bond acceptors (Lipinski definition) is 9. The average molecular weight is 797 g/mol. The van der Waals surface area contributed by atoms with Gasteiger partial charge in [0.15, 0.2) is 5.88 Å². The Balaban J connectivity index is 1.32. The van der Waals surface area contributed by atoms with Crippen molar-refractivity contribution >= 4 is 101 Å². The number of carboxylic acid groups (broad SMARTS) is 1. The molecule has 1 aliphatic rings. The molecule has 0 saturated carbocycles. The van der Waals surface area contributed by atoms with Gasteiger partial charge in [0, 0.05) is 18.3 Å². The van der Waals surface area contributed by atoms with E-state index in [0.717, 1.165) is 31.6 Å². The van der Waals surface area contributed by atoms with Crippen LogP contribution < -0.4 is 19.3 Å². The molecule has 2 heterocycles. The number of carboxylic acids is 1. The van der Waals surface area contributed by atoms with E-state index in [9.17, 15) is 27.7 Å². The van der Waals surface area contributed by atoms with Gasteiger partial charge in [0.2, 0.25) is 12.1 Å². The lowest BCUT2D eigenvalue weighted by Crippen LogP contribution is -2.43. The average Bonchev–Trinajstić information content (AvgIpc) is 3.60. The molecule has 0 fully saturated rings. The summed E-state index contributed by atoms with van der Waals surface area (Å²) in [5.41, 5.74) is 3.70. The third-order valence-corrected chi connectivity index (χ3v) is 11.4. The highest BCUT2D eigenvalue weighted by Gasteiger charge is 2.34. The first-order valence-corrected chi connectivity index (χ1v) is 19.9. The summed E-state index contributed by atoms with van der Waals surface area (Å²) in [7, 11) is -4.44. The third kappa shape index (κ3) is 8.29. The molecule has 1 atom stereocenters. The predicted molar refractivity (Wildman–Crippen MR) is 212 cm³/mol. The standard InChI is InChI=1S/C38H36Cl2N4O7S2/c1-4-41-31-20-29(39)30(40)21-32(31)44(23-53(48,49)50)34(41)10-7-11-35-43(37-28-9-6-5-8-26(28)14-17-33(37)52-35)22-36(45)51-19-18-42(25(3)38(46)47)27-15-12-24(2)13-16-27/h5-17,20-21,25H,4,18-19,22-23H2,1-3H3,(H-,46,47,48,49,50)/p+1. The number of benzene rings is 4. The smallest absolute Gasteiger partial charge is 0.372 e. The summed E-state index contributed by atoms with van der Waals surface area (Å²) in [5, 5.41) is 13.0. The Bertz CT molecular complexity index is 2380. The number of fused-ring (bicyclic) bond motifs is 4. The number of carbonyl (C=O) groups is 2. The first kappa shape index (κ1) is 38.1. The van der Waals surface area contributed by atoms with Crippen molar-refractivity contribution in [2.45, 2.75) is 33.4 Å². The van der Waals surface area contributed by atoms with Gasteiger partial charge in [0.1, 0.15) is 23.2 Å². The van der Waals surface area contributed by atoms with Crippen molar-refractivity contribution in [1.29, 1.82) is 0 Å².